The van der Waals surface area contributed by atoms with E-state index in [4.69, 9.17) is 18.9 Å². The Kier molecular flexibility index (Phi) is 6.26. The molecule has 0 aliphatic carbocycles. The molecule has 0 saturated heterocycles. The number of ether oxygens (including phenoxy) is 4. The summed E-state index contributed by atoms with van der Waals surface area (Å²) >= 11 is 0. The molecule has 1 N–H and O–H groups in total. The van der Waals surface area contributed by atoms with Crippen LogP contribution in [0.25, 0.3) is 0 Å². The fourth-order valence-electron chi connectivity index (χ4n) is 2.69. The average Bonchev–Trinajstić information content (AvgIpc) is 3.14. The van der Waals surface area contributed by atoms with Crippen LogP contribution in [-0.2, 0) is 19.7 Å². The minimum Gasteiger partial charge on any atom is -0.493 e. The smallest absolute Gasteiger partial charge is 0.309 e. The van der Waals surface area contributed by atoms with Crippen LogP contribution in [0.5, 0.6) is 17.2 Å². The Morgan fingerprint density at radius 3 is 2.48 bits per heavy atom. The van der Waals surface area contributed by atoms with Crippen molar-refractivity contribution in [1.29, 1.82) is 0 Å². The summed E-state index contributed by atoms with van der Waals surface area (Å²) in [5, 5.41) is 2.64. The number of esters is 1. The van der Waals surface area contributed by atoms with Crippen molar-refractivity contribution in [3.63, 3.8) is 0 Å². The van der Waals surface area contributed by atoms with Crippen LogP contribution in [0.1, 0.15) is 32.8 Å². The second kappa shape index (κ2) is 8.86. The normalized spacial score (nSPS) is 12.4. The van der Waals surface area contributed by atoms with Gasteiger partial charge in [-0.05, 0) is 35.2 Å². The van der Waals surface area contributed by atoms with Crippen LogP contribution in [0, 0.1) is 0 Å². The summed E-state index contributed by atoms with van der Waals surface area (Å²) in [6, 6.07) is 12.8. The van der Waals surface area contributed by atoms with Crippen LogP contribution < -0.4 is 19.5 Å². The van der Waals surface area contributed by atoms with E-state index >= 15 is 0 Å². The van der Waals surface area contributed by atoms with Crippen LogP contribution >= 0.6 is 0 Å². The van der Waals surface area contributed by atoms with E-state index in [1.165, 1.54) is 5.56 Å². The Morgan fingerprint density at radius 1 is 1.03 bits per heavy atom. The molecule has 0 aromatic heterocycles. The van der Waals surface area contributed by atoms with E-state index in [1.807, 2.05) is 24.3 Å². The first-order chi connectivity index (χ1) is 13.8. The van der Waals surface area contributed by atoms with E-state index in [1.54, 1.807) is 18.2 Å². The molecule has 0 unspecified atom stereocenters. The molecular weight excluding hydrogens is 374 g/mol. The molecule has 1 aliphatic rings. The number of nitrogens with one attached hydrogen (secondary N) is 1. The van der Waals surface area contributed by atoms with Gasteiger partial charge in [0.05, 0.1) is 13.0 Å². The summed E-state index contributed by atoms with van der Waals surface area (Å²) in [7, 11) is 0. The lowest BCUT2D eigenvalue weighted by Crippen LogP contribution is -2.21. The molecule has 0 radical (unpaired) electrons. The minimum absolute atomic E-state index is 0.0539. The molecule has 1 aliphatic heterocycles. The van der Waals surface area contributed by atoms with E-state index in [2.05, 4.69) is 26.1 Å². The molecule has 154 valence electrons. The first kappa shape index (κ1) is 20.5. The molecule has 0 bridgehead atoms. The molecule has 2 aromatic carbocycles. The zero-order valence-corrected chi connectivity index (χ0v) is 16.8. The molecule has 0 spiro atoms. The Morgan fingerprint density at radius 2 is 1.76 bits per heavy atom. The molecule has 7 heteroatoms. The lowest BCUT2D eigenvalue weighted by Gasteiger charge is -2.19. The van der Waals surface area contributed by atoms with Crippen molar-refractivity contribution in [3.8, 4) is 17.2 Å². The molecular formula is C22H25NO6. The maximum Gasteiger partial charge on any atom is 0.309 e. The van der Waals surface area contributed by atoms with E-state index < -0.39 is 11.9 Å². The summed E-state index contributed by atoms with van der Waals surface area (Å²) in [6.45, 7) is 6.39. The Hall–Kier alpha value is -3.22. The third-order valence-electron chi connectivity index (χ3n) is 4.32. The summed E-state index contributed by atoms with van der Waals surface area (Å²) in [6.07, 6.45) is 0.0539. The Balaban J connectivity index is 1.36. The number of hydrogen-bond donors (Lipinski definition) is 1. The number of benzene rings is 2. The van der Waals surface area contributed by atoms with E-state index in [0.29, 0.717) is 22.9 Å². The van der Waals surface area contributed by atoms with Gasteiger partial charge in [-0.1, -0.05) is 32.9 Å². The number of amides is 1. The fraction of sp³-hybridized carbons (Fsp3) is 0.364. The quantitative estimate of drug-likeness (QED) is 0.716. The number of hydrogen-bond acceptors (Lipinski definition) is 6. The molecule has 1 amide bonds. The highest BCUT2D eigenvalue weighted by molar-refractivity contribution is 5.93. The molecule has 0 saturated carbocycles. The topological polar surface area (TPSA) is 83.1 Å². The third kappa shape index (κ3) is 5.88. The molecule has 7 nitrogen and oxygen atoms in total. The van der Waals surface area contributed by atoms with Gasteiger partial charge in [-0.2, -0.15) is 0 Å². The van der Waals surface area contributed by atoms with Crippen molar-refractivity contribution in [3.05, 3.63) is 48.0 Å². The zero-order valence-electron chi connectivity index (χ0n) is 16.8. The van der Waals surface area contributed by atoms with Gasteiger partial charge in [0.15, 0.2) is 18.1 Å². The summed E-state index contributed by atoms with van der Waals surface area (Å²) in [5.74, 6) is 0.939. The molecule has 29 heavy (non-hydrogen) atoms. The van der Waals surface area contributed by atoms with E-state index in [-0.39, 0.29) is 31.8 Å². The van der Waals surface area contributed by atoms with Crippen molar-refractivity contribution in [2.24, 2.45) is 0 Å². The van der Waals surface area contributed by atoms with Gasteiger partial charge in [-0.3, -0.25) is 9.59 Å². The minimum atomic E-state index is -0.503. The second-order valence-electron chi connectivity index (χ2n) is 7.65. The van der Waals surface area contributed by atoms with Crippen molar-refractivity contribution in [2.75, 3.05) is 25.3 Å². The summed E-state index contributed by atoms with van der Waals surface area (Å²) < 4.78 is 21.0. The summed E-state index contributed by atoms with van der Waals surface area (Å²) in [5.41, 5.74) is 1.82. The molecule has 0 atom stereocenters. The fourth-order valence-corrected chi connectivity index (χ4v) is 2.69. The van der Waals surface area contributed by atoms with Crippen molar-refractivity contribution in [1.82, 2.24) is 0 Å². The standard InChI is InChI=1S/C22H25NO6/c1-22(2,3)15-4-7-17(8-5-15)26-11-10-21(25)27-13-20(24)23-16-6-9-18-19(12-16)29-14-28-18/h4-9,12H,10-11,13-14H2,1-3H3,(H,23,24). The van der Waals surface area contributed by atoms with Gasteiger partial charge in [0, 0.05) is 11.8 Å². The van der Waals surface area contributed by atoms with Crippen LogP contribution in [0.3, 0.4) is 0 Å². The highest BCUT2D eigenvalue weighted by Crippen LogP contribution is 2.34. The van der Waals surface area contributed by atoms with Gasteiger partial charge >= 0.3 is 5.97 Å². The monoisotopic (exact) mass is 399 g/mol. The predicted molar refractivity (Wildman–Crippen MR) is 107 cm³/mol. The first-order valence-corrected chi connectivity index (χ1v) is 9.40. The molecule has 3 rings (SSSR count). The number of anilines is 1. The molecule has 1 heterocycles. The zero-order chi connectivity index (χ0) is 20.9. The van der Waals surface area contributed by atoms with Gasteiger partial charge in [0.2, 0.25) is 6.79 Å². The van der Waals surface area contributed by atoms with E-state index in [9.17, 15) is 9.59 Å². The lowest BCUT2D eigenvalue weighted by atomic mass is 9.87. The van der Waals surface area contributed by atoms with Crippen molar-refractivity contribution < 1.29 is 28.5 Å². The second-order valence-corrected chi connectivity index (χ2v) is 7.65. The number of fused-ring (bicyclic) bond motifs is 1. The SMILES string of the molecule is CC(C)(C)c1ccc(OCCC(=O)OCC(=O)Nc2ccc3c(c2)OCO3)cc1. The van der Waals surface area contributed by atoms with Gasteiger partial charge < -0.3 is 24.3 Å². The van der Waals surface area contributed by atoms with Gasteiger partial charge in [0.1, 0.15) is 5.75 Å². The molecule has 2 aromatic rings. The summed E-state index contributed by atoms with van der Waals surface area (Å²) in [4.78, 5) is 23.7. The van der Waals surface area contributed by atoms with Crippen molar-refractivity contribution in [2.45, 2.75) is 32.6 Å². The lowest BCUT2D eigenvalue weighted by molar-refractivity contribution is -0.147. The highest BCUT2D eigenvalue weighted by atomic mass is 16.7. The Labute approximate surface area is 169 Å². The first-order valence-electron chi connectivity index (χ1n) is 9.40. The van der Waals surface area contributed by atoms with Gasteiger partial charge in [0.25, 0.3) is 5.91 Å². The Bertz CT molecular complexity index is 870. The van der Waals surface area contributed by atoms with Gasteiger partial charge in [-0.15, -0.1) is 0 Å². The van der Waals surface area contributed by atoms with Crippen LogP contribution in [0.4, 0.5) is 5.69 Å². The molecule has 0 fully saturated rings. The maximum absolute atomic E-state index is 11.9. The predicted octanol–water partition coefficient (Wildman–Crippen LogP) is 3.66. The average molecular weight is 399 g/mol. The van der Waals surface area contributed by atoms with Crippen LogP contribution in [-0.4, -0.2) is 31.9 Å². The van der Waals surface area contributed by atoms with Crippen molar-refractivity contribution >= 4 is 17.6 Å². The number of rotatable bonds is 7. The highest BCUT2D eigenvalue weighted by Gasteiger charge is 2.15. The largest absolute Gasteiger partial charge is 0.493 e. The van der Waals surface area contributed by atoms with E-state index in [0.717, 1.165) is 0 Å². The number of carbonyl (C=O) groups excluding carboxylic acids is 2. The van der Waals surface area contributed by atoms with Crippen LogP contribution in [0.2, 0.25) is 0 Å². The maximum atomic E-state index is 11.9. The third-order valence-corrected chi connectivity index (χ3v) is 4.32. The number of carbonyl (C=O) groups is 2. The van der Waals surface area contributed by atoms with Crippen LogP contribution in [0.15, 0.2) is 42.5 Å². The van der Waals surface area contributed by atoms with Gasteiger partial charge in [-0.25, -0.2) is 0 Å².